The van der Waals surface area contributed by atoms with Crippen molar-refractivity contribution in [3.8, 4) is 66.8 Å². The van der Waals surface area contributed by atoms with Crippen molar-refractivity contribution in [2.24, 2.45) is 0 Å². The first kappa shape index (κ1) is 65.1. The van der Waals surface area contributed by atoms with Gasteiger partial charge in [0.25, 0.3) is 0 Å². The molecule has 4 aliphatic carbocycles. The van der Waals surface area contributed by atoms with E-state index in [1.807, 2.05) is 0 Å². The van der Waals surface area contributed by atoms with Gasteiger partial charge in [-0.15, -0.1) is 0 Å². The third-order valence-electron chi connectivity index (χ3n) is 23.8. The van der Waals surface area contributed by atoms with Gasteiger partial charge < -0.3 is 0 Å². The molecule has 0 unspecified atom stereocenters. The van der Waals surface area contributed by atoms with Crippen LogP contribution in [0.3, 0.4) is 0 Å². The number of benzene rings is 8. The van der Waals surface area contributed by atoms with E-state index >= 15 is 0 Å². The van der Waals surface area contributed by atoms with Crippen LogP contribution in [-0.4, -0.2) is 0 Å². The highest BCUT2D eigenvalue weighted by Crippen LogP contribution is 2.60. The van der Waals surface area contributed by atoms with E-state index < -0.39 is 0 Å². The summed E-state index contributed by atoms with van der Waals surface area (Å²) < 4.78 is 0. The molecule has 0 aliphatic heterocycles. The van der Waals surface area contributed by atoms with Crippen LogP contribution in [0.15, 0.2) is 133 Å². The van der Waals surface area contributed by atoms with E-state index in [9.17, 15) is 0 Å². The summed E-state index contributed by atoms with van der Waals surface area (Å²) in [5.41, 5.74) is 33.4. The Morgan fingerprint density at radius 2 is 0.560 bits per heavy atom. The molecule has 0 spiro atoms. The van der Waals surface area contributed by atoms with Crippen molar-refractivity contribution in [2.75, 3.05) is 0 Å². The maximum absolute atomic E-state index is 2.76. The molecule has 0 bridgehead atoms. The van der Waals surface area contributed by atoms with Crippen LogP contribution >= 0.6 is 0 Å². The van der Waals surface area contributed by atoms with Gasteiger partial charge in [0.1, 0.15) is 0 Å². The number of rotatable bonds is 33. The molecule has 0 saturated heterocycles. The van der Waals surface area contributed by atoms with E-state index in [1.165, 1.54) is 307 Å². The molecule has 0 atom stereocenters. The standard InChI is InChI=1S/C91H114/c1-9-15-21-31-53-89(54-32-22-16-10-2)82-59-65(7)41-47-74(82)75-48-42-67(60-83(75)89)68-43-49-76-77-50-44-69(62-85(77)90(84(76)61-68,55-33-23-17-11-3)56-34-24-18-12-4)70-45-51-78-79-52-46-71(88-80-39-29-27-37-72(80)66(8)73-38-28-30-40-81(73)88)64-87(79)91(86(78)63-70,57-35-25-19-13-5)58-36-26-20-14-6/h27,29,37,39,41-52,59-64H,9-26,28,30-36,38,40,53-58H2,1-8H3. The lowest BCUT2D eigenvalue weighted by Gasteiger charge is -2.34. The van der Waals surface area contributed by atoms with Gasteiger partial charge in [-0.25, -0.2) is 0 Å². The summed E-state index contributed by atoms with van der Waals surface area (Å²) in [6.07, 6.45) is 43.4. The van der Waals surface area contributed by atoms with Crippen LogP contribution in [0.4, 0.5) is 0 Å². The van der Waals surface area contributed by atoms with Gasteiger partial charge in [0, 0.05) is 16.2 Å². The van der Waals surface area contributed by atoms with Gasteiger partial charge in [-0.05, 0) is 236 Å². The van der Waals surface area contributed by atoms with Gasteiger partial charge in [-0.1, -0.05) is 304 Å². The summed E-state index contributed by atoms with van der Waals surface area (Å²) in [5, 5.41) is 2.90. The monoisotopic (exact) mass is 1210 g/mol. The minimum absolute atomic E-state index is 0.0343. The van der Waals surface area contributed by atoms with Crippen LogP contribution < -0.4 is 0 Å². The van der Waals surface area contributed by atoms with Crippen molar-refractivity contribution in [1.82, 2.24) is 0 Å². The minimum atomic E-state index is -0.0456. The molecule has 0 heterocycles. The second-order valence-corrected chi connectivity index (χ2v) is 29.7. The normalized spacial score (nSPS) is 15.1. The largest absolute Gasteiger partial charge is 0.0654 e. The molecular formula is C91H114. The van der Waals surface area contributed by atoms with Gasteiger partial charge in [0.05, 0.1) is 0 Å². The highest BCUT2D eigenvalue weighted by atomic mass is 14.5. The summed E-state index contributed by atoms with van der Waals surface area (Å²) in [4.78, 5) is 0. The molecule has 0 radical (unpaired) electrons. The first-order valence-corrected chi connectivity index (χ1v) is 38.1. The molecule has 478 valence electrons. The highest BCUT2D eigenvalue weighted by molar-refractivity contribution is 6.02. The quantitative estimate of drug-likeness (QED) is 0.0360. The Bertz CT molecular complexity index is 3760. The first-order valence-electron chi connectivity index (χ1n) is 38.1. The number of hydrogen-bond donors (Lipinski definition) is 0. The molecule has 0 nitrogen and oxygen atoms in total. The second kappa shape index (κ2) is 29.5. The first-order chi connectivity index (χ1) is 44.7. The Morgan fingerprint density at radius 3 is 0.901 bits per heavy atom. The van der Waals surface area contributed by atoms with Crippen LogP contribution in [0.25, 0.3) is 77.5 Å². The maximum Gasteiger partial charge on any atom is 0.0215 e. The zero-order valence-electron chi connectivity index (χ0n) is 58.2. The summed E-state index contributed by atoms with van der Waals surface area (Å²) >= 11 is 0. The van der Waals surface area contributed by atoms with Gasteiger partial charge in [-0.2, -0.15) is 0 Å². The third-order valence-corrected chi connectivity index (χ3v) is 23.8. The van der Waals surface area contributed by atoms with Crippen LogP contribution in [0.2, 0.25) is 0 Å². The Kier molecular flexibility index (Phi) is 21.1. The number of fused-ring (bicyclic) bond motifs is 11. The second-order valence-electron chi connectivity index (χ2n) is 29.7. The smallest absolute Gasteiger partial charge is 0.0215 e. The van der Waals surface area contributed by atoms with Gasteiger partial charge in [-0.3, -0.25) is 0 Å². The number of hydrogen-bond acceptors (Lipinski definition) is 0. The van der Waals surface area contributed by atoms with Gasteiger partial charge in [0.15, 0.2) is 0 Å². The van der Waals surface area contributed by atoms with Crippen LogP contribution in [0.1, 0.15) is 303 Å². The van der Waals surface area contributed by atoms with Crippen LogP contribution in [0.5, 0.6) is 0 Å². The fourth-order valence-corrected chi connectivity index (χ4v) is 18.9. The van der Waals surface area contributed by atoms with Crippen molar-refractivity contribution >= 4 is 10.8 Å². The molecule has 8 aromatic rings. The van der Waals surface area contributed by atoms with E-state index in [0.717, 1.165) is 0 Å². The lowest BCUT2D eigenvalue weighted by molar-refractivity contribution is 0.400. The Hall–Kier alpha value is -5.98. The molecule has 0 aromatic heterocycles. The number of aryl methyl sites for hydroxylation is 2. The summed E-state index contributed by atoms with van der Waals surface area (Å²) in [7, 11) is 0. The lowest BCUT2D eigenvalue weighted by atomic mass is 9.69. The summed E-state index contributed by atoms with van der Waals surface area (Å²) in [6.45, 7) is 19.0. The van der Waals surface area contributed by atoms with Crippen LogP contribution in [-0.2, 0) is 29.1 Å². The average molecular weight is 1210 g/mol. The molecule has 91 heavy (non-hydrogen) atoms. The molecule has 0 saturated carbocycles. The van der Waals surface area contributed by atoms with Crippen molar-refractivity contribution in [1.29, 1.82) is 0 Å². The lowest BCUT2D eigenvalue weighted by Crippen LogP contribution is -2.26. The Balaban J connectivity index is 0.982. The van der Waals surface area contributed by atoms with Crippen molar-refractivity contribution < 1.29 is 0 Å². The van der Waals surface area contributed by atoms with Gasteiger partial charge in [0.2, 0.25) is 0 Å². The van der Waals surface area contributed by atoms with E-state index in [2.05, 4.69) is 189 Å². The third kappa shape index (κ3) is 12.6. The van der Waals surface area contributed by atoms with Crippen molar-refractivity contribution in [2.45, 2.75) is 290 Å². The zero-order chi connectivity index (χ0) is 63.0. The molecule has 4 aliphatic rings. The van der Waals surface area contributed by atoms with E-state index in [0.29, 0.717) is 0 Å². The summed E-state index contributed by atoms with van der Waals surface area (Å²) in [6, 6.07) is 56.1. The molecule has 0 heteroatoms. The van der Waals surface area contributed by atoms with E-state index in [-0.39, 0.29) is 16.2 Å². The van der Waals surface area contributed by atoms with Crippen LogP contribution in [0, 0.1) is 13.8 Å². The topological polar surface area (TPSA) is 0 Å². The molecule has 0 amide bonds. The SMILES string of the molecule is CCCCCCC1(CCCCCC)c2cc(C)ccc2-c2ccc(-c3ccc4c(c3)C(CCCCCC)(CCCCCC)c3cc(-c5ccc6c(c5)C(CCCCCC)(CCCCCC)c5cc(-c7c8c(c(C)c9ccccc79)CCCC8)ccc5-6)ccc3-4)cc21. The minimum Gasteiger partial charge on any atom is -0.0654 e. The zero-order valence-corrected chi connectivity index (χ0v) is 58.2. The Morgan fingerprint density at radius 1 is 0.275 bits per heavy atom. The molecular weight excluding hydrogens is 1090 g/mol. The van der Waals surface area contributed by atoms with E-state index in [1.54, 1.807) is 44.5 Å². The molecule has 0 fully saturated rings. The fraction of sp³-hybridized carbons (Fsp3) is 0.495. The molecule has 8 aromatic carbocycles. The average Bonchev–Trinajstić information content (AvgIpc) is 1.61. The van der Waals surface area contributed by atoms with Gasteiger partial charge >= 0.3 is 0 Å². The predicted molar refractivity (Wildman–Crippen MR) is 398 cm³/mol. The predicted octanol–water partition coefficient (Wildman–Crippen LogP) is 28.0. The van der Waals surface area contributed by atoms with Crippen molar-refractivity contribution in [3.05, 3.63) is 189 Å². The molecule has 0 N–H and O–H groups in total. The van der Waals surface area contributed by atoms with E-state index in [4.69, 9.17) is 0 Å². The van der Waals surface area contributed by atoms with Crippen molar-refractivity contribution in [3.63, 3.8) is 0 Å². The summed E-state index contributed by atoms with van der Waals surface area (Å²) in [5.74, 6) is 0. The number of unbranched alkanes of at least 4 members (excludes halogenated alkanes) is 18. The Labute approximate surface area is 553 Å². The maximum atomic E-state index is 2.76. The highest BCUT2D eigenvalue weighted by Gasteiger charge is 2.46. The molecule has 12 rings (SSSR count). The fourth-order valence-electron chi connectivity index (χ4n) is 18.9.